The molecule has 0 aliphatic carbocycles. The zero-order chi connectivity index (χ0) is 15.1. The van der Waals surface area contributed by atoms with E-state index in [9.17, 15) is 4.79 Å². The Labute approximate surface area is 127 Å². The van der Waals surface area contributed by atoms with E-state index in [0.29, 0.717) is 0 Å². The Morgan fingerprint density at radius 2 is 2.33 bits per heavy atom. The highest BCUT2D eigenvalue weighted by atomic mass is 16.2. The van der Waals surface area contributed by atoms with Crippen molar-refractivity contribution >= 4 is 11.7 Å². The molecule has 5 heteroatoms. The molecule has 5 nitrogen and oxygen atoms in total. The van der Waals surface area contributed by atoms with Crippen molar-refractivity contribution in [2.24, 2.45) is 0 Å². The number of amides is 1. The molecule has 2 heterocycles. The molecular formula is C16H26N4O. The zero-order valence-corrected chi connectivity index (χ0v) is 13.1. The molecule has 1 aromatic rings. The molecule has 0 saturated carbocycles. The second-order valence-corrected chi connectivity index (χ2v) is 5.48. The first-order chi connectivity index (χ1) is 10.3. The van der Waals surface area contributed by atoms with Crippen molar-refractivity contribution in [3.8, 4) is 0 Å². The molecule has 1 aliphatic heterocycles. The van der Waals surface area contributed by atoms with E-state index in [-0.39, 0.29) is 11.9 Å². The number of carbonyl (C=O) groups is 1. The van der Waals surface area contributed by atoms with E-state index in [1.165, 1.54) is 5.56 Å². The van der Waals surface area contributed by atoms with Crippen molar-refractivity contribution in [3.63, 3.8) is 0 Å². The highest BCUT2D eigenvalue weighted by Crippen LogP contribution is 2.26. The predicted molar refractivity (Wildman–Crippen MR) is 85.3 cm³/mol. The van der Waals surface area contributed by atoms with E-state index in [1.807, 2.05) is 12.3 Å². The summed E-state index contributed by atoms with van der Waals surface area (Å²) < 4.78 is 0. The van der Waals surface area contributed by atoms with Crippen LogP contribution in [0, 0.1) is 0 Å². The molecule has 1 aliphatic rings. The van der Waals surface area contributed by atoms with Gasteiger partial charge in [-0.05, 0) is 38.3 Å². The lowest BCUT2D eigenvalue weighted by molar-refractivity contribution is -0.122. The van der Waals surface area contributed by atoms with E-state index >= 15 is 0 Å². The van der Waals surface area contributed by atoms with Crippen molar-refractivity contribution in [2.75, 3.05) is 25.0 Å². The van der Waals surface area contributed by atoms with Crippen LogP contribution >= 0.6 is 0 Å². The van der Waals surface area contributed by atoms with E-state index in [4.69, 9.17) is 0 Å². The number of hydrogen-bond acceptors (Lipinski definition) is 4. The summed E-state index contributed by atoms with van der Waals surface area (Å²) >= 11 is 0. The van der Waals surface area contributed by atoms with Crippen molar-refractivity contribution in [3.05, 3.63) is 23.9 Å². The second kappa shape index (κ2) is 7.98. The highest BCUT2D eigenvalue weighted by Gasteiger charge is 2.30. The molecule has 2 rings (SSSR count). The van der Waals surface area contributed by atoms with Crippen LogP contribution in [0.25, 0.3) is 0 Å². The standard InChI is InChI=1S/C16H26N4O/c1-3-9-18-12-13-7-6-10-19-15(13)20-11-5-4-8-14(20)16(21)17-2/h6-7,10,14,18H,3-5,8-9,11-12H2,1-2H3,(H,17,21). The normalized spacial score (nSPS) is 18.6. The van der Waals surface area contributed by atoms with Crippen molar-refractivity contribution < 1.29 is 4.79 Å². The van der Waals surface area contributed by atoms with Crippen LogP contribution in [0.1, 0.15) is 38.2 Å². The number of nitrogens with one attached hydrogen (secondary N) is 2. The largest absolute Gasteiger partial charge is 0.357 e. The minimum Gasteiger partial charge on any atom is -0.357 e. The summed E-state index contributed by atoms with van der Waals surface area (Å²) in [6.07, 6.45) is 6.04. The van der Waals surface area contributed by atoms with E-state index in [2.05, 4.69) is 33.5 Å². The molecular weight excluding hydrogens is 264 g/mol. The van der Waals surface area contributed by atoms with Gasteiger partial charge in [-0.15, -0.1) is 0 Å². The lowest BCUT2D eigenvalue weighted by atomic mass is 10.0. The number of nitrogens with zero attached hydrogens (tertiary/aromatic N) is 2. The van der Waals surface area contributed by atoms with Gasteiger partial charge >= 0.3 is 0 Å². The van der Waals surface area contributed by atoms with Crippen LogP contribution in [0.4, 0.5) is 5.82 Å². The number of rotatable bonds is 6. The Morgan fingerprint density at radius 3 is 3.10 bits per heavy atom. The number of hydrogen-bond donors (Lipinski definition) is 2. The minimum absolute atomic E-state index is 0.0906. The van der Waals surface area contributed by atoms with Crippen LogP contribution in [-0.2, 0) is 11.3 Å². The second-order valence-electron chi connectivity index (χ2n) is 5.48. The number of piperidine rings is 1. The molecule has 0 radical (unpaired) electrons. The molecule has 1 unspecified atom stereocenters. The average molecular weight is 290 g/mol. The van der Waals surface area contributed by atoms with Crippen LogP contribution < -0.4 is 15.5 Å². The fraction of sp³-hybridized carbons (Fsp3) is 0.625. The van der Waals surface area contributed by atoms with E-state index in [0.717, 1.165) is 51.1 Å². The lowest BCUT2D eigenvalue weighted by Crippen LogP contribution is -2.49. The number of pyridine rings is 1. The van der Waals surface area contributed by atoms with E-state index < -0.39 is 0 Å². The van der Waals surface area contributed by atoms with Crippen LogP contribution in [0.5, 0.6) is 0 Å². The molecule has 0 spiro atoms. The van der Waals surface area contributed by atoms with Crippen molar-refractivity contribution in [1.82, 2.24) is 15.6 Å². The first kappa shape index (κ1) is 15.8. The Balaban J connectivity index is 2.19. The van der Waals surface area contributed by atoms with Gasteiger partial charge in [0.15, 0.2) is 0 Å². The molecule has 1 fully saturated rings. The quantitative estimate of drug-likeness (QED) is 0.783. The predicted octanol–water partition coefficient (Wildman–Crippen LogP) is 1.69. The summed E-state index contributed by atoms with van der Waals surface area (Å²) in [5.41, 5.74) is 1.17. The molecule has 1 saturated heterocycles. The number of carbonyl (C=O) groups excluding carboxylic acids is 1. The van der Waals surface area contributed by atoms with Gasteiger partial charge in [-0.2, -0.15) is 0 Å². The third-order valence-electron chi connectivity index (χ3n) is 3.93. The Kier molecular flexibility index (Phi) is 5.99. The Hall–Kier alpha value is -1.62. The lowest BCUT2D eigenvalue weighted by Gasteiger charge is -2.36. The number of aromatic nitrogens is 1. The number of anilines is 1. The first-order valence-electron chi connectivity index (χ1n) is 7.90. The van der Waals surface area contributed by atoms with Crippen molar-refractivity contribution in [2.45, 2.75) is 45.2 Å². The molecule has 2 N–H and O–H groups in total. The monoisotopic (exact) mass is 290 g/mol. The molecule has 1 amide bonds. The molecule has 0 bridgehead atoms. The molecule has 116 valence electrons. The fourth-order valence-corrected chi connectivity index (χ4v) is 2.85. The van der Waals surface area contributed by atoms with Gasteiger partial charge in [0.05, 0.1) is 0 Å². The fourth-order valence-electron chi connectivity index (χ4n) is 2.85. The third kappa shape index (κ3) is 3.94. The van der Waals surface area contributed by atoms with Gasteiger partial charge in [-0.1, -0.05) is 13.0 Å². The molecule has 21 heavy (non-hydrogen) atoms. The summed E-state index contributed by atoms with van der Waals surface area (Å²) in [6.45, 7) is 4.85. The molecule has 0 aromatic carbocycles. The van der Waals surface area contributed by atoms with Crippen LogP contribution in [0.2, 0.25) is 0 Å². The summed E-state index contributed by atoms with van der Waals surface area (Å²) in [4.78, 5) is 18.9. The van der Waals surface area contributed by atoms with Gasteiger partial charge in [0.2, 0.25) is 5.91 Å². The zero-order valence-electron chi connectivity index (χ0n) is 13.1. The maximum absolute atomic E-state index is 12.1. The maximum Gasteiger partial charge on any atom is 0.242 e. The van der Waals surface area contributed by atoms with Crippen molar-refractivity contribution in [1.29, 1.82) is 0 Å². The van der Waals surface area contributed by atoms with Crippen LogP contribution in [0.3, 0.4) is 0 Å². The Bertz CT molecular complexity index is 463. The SMILES string of the molecule is CCCNCc1cccnc1N1CCCCC1C(=O)NC. The third-order valence-corrected chi connectivity index (χ3v) is 3.93. The van der Waals surface area contributed by atoms with Gasteiger partial charge in [-0.25, -0.2) is 4.98 Å². The molecule has 1 atom stereocenters. The summed E-state index contributed by atoms with van der Waals surface area (Å²) in [5, 5.41) is 6.20. The van der Waals surface area contributed by atoms with E-state index in [1.54, 1.807) is 7.05 Å². The van der Waals surface area contributed by atoms with Crippen LogP contribution in [-0.4, -0.2) is 37.1 Å². The summed E-state index contributed by atoms with van der Waals surface area (Å²) in [5.74, 6) is 1.04. The number of likely N-dealkylation sites (N-methyl/N-ethyl adjacent to an activating group) is 1. The minimum atomic E-state index is -0.0939. The molecule has 1 aromatic heterocycles. The van der Waals surface area contributed by atoms with Gasteiger partial charge in [0, 0.05) is 31.9 Å². The van der Waals surface area contributed by atoms with Gasteiger partial charge in [0.1, 0.15) is 11.9 Å². The van der Waals surface area contributed by atoms with Gasteiger partial charge < -0.3 is 15.5 Å². The summed E-state index contributed by atoms with van der Waals surface area (Å²) in [6, 6.07) is 3.97. The van der Waals surface area contributed by atoms with Gasteiger partial charge in [-0.3, -0.25) is 4.79 Å². The van der Waals surface area contributed by atoms with Crippen LogP contribution in [0.15, 0.2) is 18.3 Å². The maximum atomic E-state index is 12.1. The summed E-state index contributed by atoms with van der Waals surface area (Å²) in [7, 11) is 1.71. The van der Waals surface area contributed by atoms with Gasteiger partial charge in [0.25, 0.3) is 0 Å². The Morgan fingerprint density at radius 1 is 1.48 bits per heavy atom. The first-order valence-corrected chi connectivity index (χ1v) is 7.90. The smallest absolute Gasteiger partial charge is 0.242 e. The average Bonchev–Trinajstić information content (AvgIpc) is 2.55. The topological polar surface area (TPSA) is 57.3 Å². The highest BCUT2D eigenvalue weighted by molar-refractivity contribution is 5.85.